The van der Waals surface area contributed by atoms with Crippen molar-refractivity contribution < 1.29 is 19.6 Å². The molecule has 1 aromatic heterocycles. The average molecular weight is 430 g/mol. The number of carbonyl (C=O) groups excluding carboxylic acids is 3. The fourth-order valence-electron chi connectivity index (χ4n) is 3.10. The van der Waals surface area contributed by atoms with Crippen molar-refractivity contribution in [3.63, 3.8) is 0 Å². The Labute approximate surface area is 182 Å². The van der Waals surface area contributed by atoms with Gasteiger partial charge in [-0.25, -0.2) is 10.3 Å². The summed E-state index contributed by atoms with van der Waals surface area (Å²) < 4.78 is 0. The van der Waals surface area contributed by atoms with E-state index in [0.29, 0.717) is 30.1 Å². The fraction of sp³-hybridized carbons (Fsp3) is 0.455. The number of hydroxylamine groups is 1. The van der Waals surface area contributed by atoms with E-state index < -0.39 is 18.0 Å². The predicted octanol–water partition coefficient (Wildman–Crippen LogP) is 2.76. The van der Waals surface area contributed by atoms with Crippen molar-refractivity contribution in [2.45, 2.75) is 40.2 Å². The van der Waals surface area contributed by atoms with Gasteiger partial charge in [0.2, 0.25) is 5.91 Å². The van der Waals surface area contributed by atoms with E-state index in [1.54, 1.807) is 17.7 Å². The van der Waals surface area contributed by atoms with Crippen molar-refractivity contribution in [2.24, 2.45) is 11.8 Å². The van der Waals surface area contributed by atoms with Gasteiger partial charge in [0.25, 0.3) is 5.91 Å². The molecular formula is C22H31N5O4. The maximum Gasteiger partial charge on any atom is 0.319 e. The number of hydrogen-bond acceptors (Lipinski definition) is 5. The topological polar surface area (TPSA) is 124 Å². The average Bonchev–Trinajstić information content (AvgIpc) is 2.74. The van der Waals surface area contributed by atoms with E-state index in [1.807, 2.05) is 52.0 Å². The molecule has 1 aromatic carbocycles. The summed E-state index contributed by atoms with van der Waals surface area (Å²) in [6.07, 6.45) is 2.33. The lowest BCUT2D eigenvalue weighted by molar-refractivity contribution is -0.141. The van der Waals surface area contributed by atoms with Crippen LogP contribution in [0.3, 0.4) is 0 Å². The molecule has 168 valence electrons. The number of nitrogens with zero attached hydrogens (tertiary/aromatic N) is 2. The molecule has 0 aliphatic carbocycles. The number of anilines is 1. The van der Waals surface area contributed by atoms with Gasteiger partial charge in [0, 0.05) is 18.1 Å². The molecule has 31 heavy (non-hydrogen) atoms. The van der Waals surface area contributed by atoms with Crippen LogP contribution in [-0.4, -0.2) is 52.1 Å². The lowest BCUT2D eigenvalue weighted by atomic mass is 10.0. The van der Waals surface area contributed by atoms with Gasteiger partial charge in [-0.3, -0.25) is 19.8 Å². The van der Waals surface area contributed by atoms with E-state index in [2.05, 4.69) is 15.6 Å². The van der Waals surface area contributed by atoms with Gasteiger partial charge >= 0.3 is 6.03 Å². The van der Waals surface area contributed by atoms with E-state index in [0.717, 1.165) is 5.39 Å². The Morgan fingerprint density at radius 2 is 1.81 bits per heavy atom. The van der Waals surface area contributed by atoms with Crippen LogP contribution in [0.4, 0.5) is 10.5 Å². The third kappa shape index (κ3) is 6.92. The normalized spacial score (nSPS) is 12.0. The summed E-state index contributed by atoms with van der Waals surface area (Å²) in [4.78, 5) is 43.2. The van der Waals surface area contributed by atoms with E-state index in [-0.39, 0.29) is 18.4 Å². The predicted molar refractivity (Wildman–Crippen MR) is 118 cm³/mol. The Hall–Kier alpha value is -3.20. The van der Waals surface area contributed by atoms with Crippen molar-refractivity contribution in [2.75, 3.05) is 18.4 Å². The molecule has 2 rings (SSSR count). The Bertz CT molecular complexity index is 910. The van der Waals surface area contributed by atoms with E-state index in [1.165, 1.54) is 4.90 Å². The van der Waals surface area contributed by atoms with Gasteiger partial charge in [-0.1, -0.05) is 45.9 Å². The molecule has 1 unspecified atom stereocenters. The van der Waals surface area contributed by atoms with Gasteiger partial charge in [-0.2, -0.15) is 0 Å². The highest BCUT2D eigenvalue weighted by molar-refractivity contribution is 6.01. The SMILES string of the molecule is CC(C)CCN(CC(=O)NO)C(=O)C(NC(=O)Nc1cccc2cccnc12)C(C)C. The summed E-state index contributed by atoms with van der Waals surface area (Å²) in [5.74, 6) is -0.973. The zero-order chi connectivity index (χ0) is 23.0. The molecule has 0 saturated heterocycles. The highest BCUT2D eigenvalue weighted by Gasteiger charge is 2.30. The molecule has 0 spiro atoms. The molecule has 2 aromatic rings. The van der Waals surface area contributed by atoms with Crippen LogP contribution in [0.5, 0.6) is 0 Å². The lowest BCUT2D eigenvalue weighted by Gasteiger charge is -2.29. The van der Waals surface area contributed by atoms with Crippen LogP contribution in [0, 0.1) is 11.8 Å². The molecule has 4 N–H and O–H groups in total. The standard InChI is InChI=1S/C22H31N5O4/c1-14(2)10-12-27(13-18(28)26-31)21(29)19(15(3)4)25-22(30)24-17-9-5-7-16-8-6-11-23-20(16)17/h5-9,11,14-15,19,31H,10,12-13H2,1-4H3,(H,26,28)(H2,24,25,30). The van der Waals surface area contributed by atoms with Crippen LogP contribution in [0.25, 0.3) is 10.9 Å². The Balaban J connectivity index is 2.16. The first-order valence-corrected chi connectivity index (χ1v) is 10.4. The summed E-state index contributed by atoms with van der Waals surface area (Å²) in [7, 11) is 0. The minimum Gasteiger partial charge on any atom is -0.332 e. The summed E-state index contributed by atoms with van der Waals surface area (Å²) in [5.41, 5.74) is 2.73. The maximum atomic E-state index is 13.2. The summed E-state index contributed by atoms with van der Waals surface area (Å²) in [6.45, 7) is 7.70. The molecule has 0 fully saturated rings. The number of carbonyl (C=O) groups is 3. The van der Waals surface area contributed by atoms with Crippen LogP contribution >= 0.6 is 0 Å². The smallest absolute Gasteiger partial charge is 0.319 e. The first-order valence-electron chi connectivity index (χ1n) is 10.4. The molecule has 9 nitrogen and oxygen atoms in total. The second kappa shape index (κ2) is 11.3. The molecule has 9 heteroatoms. The number of amides is 4. The van der Waals surface area contributed by atoms with Gasteiger partial charge in [-0.15, -0.1) is 0 Å². The van der Waals surface area contributed by atoms with Crippen LogP contribution in [-0.2, 0) is 9.59 Å². The van der Waals surface area contributed by atoms with Crippen molar-refractivity contribution in [1.29, 1.82) is 0 Å². The van der Waals surface area contributed by atoms with Gasteiger partial charge in [0.05, 0.1) is 11.2 Å². The van der Waals surface area contributed by atoms with E-state index in [9.17, 15) is 14.4 Å². The number of nitrogens with one attached hydrogen (secondary N) is 3. The monoisotopic (exact) mass is 429 g/mol. The summed E-state index contributed by atoms with van der Waals surface area (Å²) >= 11 is 0. The molecule has 1 heterocycles. The quantitative estimate of drug-likeness (QED) is 0.360. The van der Waals surface area contributed by atoms with Gasteiger partial charge < -0.3 is 15.5 Å². The summed E-state index contributed by atoms with van der Waals surface area (Å²) in [5, 5.41) is 15.2. The number of urea groups is 1. The second-order valence-corrected chi connectivity index (χ2v) is 8.18. The number of benzene rings is 1. The Kier molecular flexibility index (Phi) is 8.75. The minimum atomic E-state index is -0.846. The zero-order valence-corrected chi connectivity index (χ0v) is 18.4. The fourth-order valence-corrected chi connectivity index (χ4v) is 3.10. The molecule has 0 radical (unpaired) electrons. The zero-order valence-electron chi connectivity index (χ0n) is 18.4. The number of pyridine rings is 1. The highest BCUT2D eigenvalue weighted by Crippen LogP contribution is 2.20. The number of aromatic nitrogens is 1. The Morgan fingerprint density at radius 1 is 1.10 bits per heavy atom. The largest absolute Gasteiger partial charge is 0.332 e. The van der Waals surface area contributed by atoms with Gasteiger partial charge in [0.15, 0.2) is 0 Å². The second-order valence-electron chi connectivity index (χ2n) is 8.18. The van der Waals surface area contributed by atoms with E-state index >= 15 is 0 Å². The van der Waals surface area contributed by atoms with Crippen molar-refractivity contribution in [3.8, 4) is 0 Å². The molecule has 0 saturated carbocycles. The number of rotatable bonds is 9. The molecular weight excluding hydrogens is 398 g/mol. The number of para-hydroxylation sites is 1. The molecule has 1 atom stereocenters. The first kappa shape index (κ1) is 24.1. The molecule has 4 amide bonds. The molecule has 0 bridgehead atoms. The van der Waals surface area contributed by atoms with Crippen LogP contribution in [0.2, 0.25) is 0 Å². The van der Waals surface area contributed by atoms with Crippen LogP contribution in [0.1, 0.15) is 34.1 Å². The first-order chi connectivity index (χ1) is 14.7. The number of hydrogen-bond donors (Lipinski definition) is 4. The minimum absolute atomic E-state index is 0.220. The third-order valence-corrected chi connectivity index (χ3v) is 4.85. The van der Waals surface area contributed by atoms with Crippen LogP contribution in [0.15, 0.2) is 36.5 Å². The van der Waals surface area contributed by atoms with Gasteiger partial charge in [0.1, 0.15) is 12.6 Å². The lowest BCUT2D eigenvalue weighted by Crippen LogP contribution is -2.54. The molecule has 0 aliphatic rings. The van der Waals surface area contributed by atoms with Crippen molar-refractivity contribution in [1.82, 2.24) is 20.7 Å². The maximum absolute atomic E-state index is 13.2. The third-order valence-electron chi connectivity index (χ3n) is 4.85. The summed E-state index contributed by atoms with van der Waals surface area (Å²) in [6, 6.07) is 7.76. The molecule has 0 aliphatic heterocycles. The number of fused-ring (bicyclic) bond motifs is 1. The van der Waals surface area contributed by atoms with E-state index in [4.69, 9.17) is 5.21 Å². The Morgan fingerprint density at radius 3 is 2.45 bits per heavy atom. The highest BCUT2D eigenvalue weighted by atomic mass is 16.5. The van der Waals surface area contributed by atoms with Crippen LogP contribution < -0.4 is 16.1 Å². The van der Waals surface area contributed by atoms with Gasteiger partial charge in [-0.05, 0) is 30.4 Å². The van der Waals surface area contributed by atoms with Crippen molar-refractivity contribution in [3.05, 3.63) is 36.5 Å². The van der Waals surface area contributed by atoms with Crippen molar-refractivity contribution >= 4 is 34.4 Å².